The van der Waals surface area contributed by atoms with Crippen molar-refractivity contribution in [3.8, 4) is 27.9 Å². The second-order valence-electron chi connectivity index (χ2n) is 15.9. The molecule has 2 heteroatoms. The van der Waals surface area contributed by atoms with Gasteiger partial charge in [-0.05, 0) is 105 Å². The topological polar surface area (TPSA) is 8.17 Å². The third kappa shape index (κ3) is 5.79. The first-order valence-electron chi connectivity index (χ1n) is 20.9. The molecule has 0 atom stereocenters. The summed E-state index contributed by atoms with van der Waals surface area (Å²) in [5, 5.41) is 7.68. The summed E-state index contributed by atoms with van der Waals surface area (Å²) in [4.78, 5) is 2.53. The van der Waals surface area contributed by atoms with Gasteiger partial charge in [0.05, 0.1) is 22.4 Å². The minimum atomic E-state index is 0.578. The summed E-state index contributed by atoms with van der Waals surface area (Å²) in [5.41, 5.74) is 13.4. The number of para-hydroxylation sites is 4. The molecule has 2 nitrogen and oxygen atoms in total. The molecule has 278 valence electrons. The Morgan fingerprint density at radius 3 is 1.93 bits per heavy atom. The molecule has 1 saturated carbocycles. The van der Waals surface area contributed by atoms with Crippen LogP contribution in [0.3, 0.4) is 0 Å². The quantitative estimate of drug-likeness (QED) is 0.158. The Morgan fingerprint density at radius 1 is 0.431 bits per heavy atom. The van der Waals surface area contributed by atoms with E-state index in [-0.39, 0.29) is 0 Å². The molecule has 0 unspecified atom stereocenters. The largest absolute Gasteiger partial charge is 0.308 e. The summed E-state index contributed by atoms with van der Waals surface area (Å²) in [6.07, 6.45) is 6.47. The second-order valence-corrected chi connectivity index (χ2v) is 15.9. The molecule has 58 heavy (non-hydrogen) atoms. The fourth-order valence-corrected chi connectivity index (χ4v) is 9.97. The Balaban J connectivity index is 1.22. The van der Waals surface area contributed by atoms with Crippen LogP contribution in [-0.4, -0.2) is 4.57 Å². The molecular weight excluding hydrogens is 701 g/mol. The number of fused-ring (bicyclic) bond motifs is 5. The van der Waals surface area contributed by atoms with Crippen molar-refractivity contribution in [2.45, 2.75) is 38.0 Å². The lowest BCUT2D eigenvalue weighted by molar-refractivity contribution is 0.445. The maximum absolute atomic E-state index is 2.53. The van der Waals surface area contributed by atoms with Crippen molar-refractivity contribution >= 4 is 60.4 Å². The van der Waals surface area contributed by atoms with Gasteiger partial charge in [0.25, 0.3) is 0 Å². The number of benzene rings is 9. The van der Waals surface area contributed by atoms with Crippen LogP contribution in [0.2, 0.25) is 0 Å². The molecule has 10 aromatic rings. The van der Waals surface area contributed by atoms with Crippen LogP contribution in [0.1, 0.15) is 43.6 Å². The number of nitrogens with zero attached hydrogens (tertiary/aromatic N) is 2. The van der Waals surface area contributed by atoms with Crippen molar-refractivity contribution in [2.24, 2.45) is 0 Å². The van der Waals surface area contributed by atoms with Crippen LogP contribution in [0, 0.1) is 0 Å². The third-order valence-corrected chi connectivity index (χ3v) is 12.6. The van der Waals surface area contributed by atoms with Gasteiger partial charge < -0.3 is 9.47 Å². The van der Waals surface area contributed by atoms with E-state index in [9.17, 15) is 0 Å². The van der Waals surface area contributed by atoms with E-state index >= 15 is 0 Å². The van der Waals surface area contributed by atoms with Gasteiger partial charge in [-0.2, -0.15) is 0 Å². The van der Waals surface area contributed by atoms with Gasteiger partial charge in [-0.1, -0.05) is 177 Å². The van der Waals surface area contributed by atoms with Gasteiger partial charge >= 0.3 is 0 Å². The first-order chi connectivity index (χ1) is 28.8. The smallest absolute Gasteiger partial charge is 0.0782 e. The highest BCUT2D eigenvalue weighted by molar-refractivity contribution is 6.15. The van der Waals surface area contributed by atoms with Crippen LogP contribution < -0.4 is 4.90 Å². The number of anilines is 3. The van der Waals surface area contributed by atoms with Crippen LogP contribution in [0.15, 0.2) is 200 Å². The summed E-state index contributed by atoms with van der Waals surface area (Å²) in [6, 6.07) is 74.1. The van der Waals surface area contributed by atoms with Crippen LogP contribution >= 0.6 is 0 Å². The van der Waals surface area contributed by atoms with Gasteiger partial charge in [0, 0.05) is 27.7 Å². The maximum Gasteiger partial charge on any atom is 0.0782 e. The molecule has 0 N–H and O–H groups in total. The van der Waals surface area contributed by atoms with E-state index in [4.69, 9.17) is 0 Å². The number of rotatable bonds is 7. The zero-order valence-corrected chi connectivity index (χ0v) is 32.6. The summed E-state index contributed by atoms with van der Waals surface area (Å²) >= 11 is 0. The molecule has 11 rings (SSSR count). The lowest BCUT2D eigenvalue weighted by Crippen LogP contribution is -2.13. The van der Waals surface area contributed by atoms with Gasteiger partial charge in [-0.15, -0.1) is 0 Å². The molecule has 0 bridgehead atoms. The van der Waals surface area contributed by atoms with E-state index in [1.165, 1.54) is 103 Å². The first-order valence-corrected chi connectivity index (χ1v) is 20.9. The Morgan fingerprint density at radius 2 is 1.05 bits per heavy atom. The molecule has 0 aliphatic heterocycles. The van der Waals surface area contributed by atoms with Crippen molar-refractivity contribution in [3.05, 3.63) is 206 Å². The van der Waals surface area contributed by atoms with E-state index < -0.39 is 0 Å². The Hall–Kier alpha value is -6.90. The van der Waals surface area contributed by atoms with Gasteiger partial charge in [-0.3, -0.25) is 0 Å². The molecule has 1 aromatic heterocycles. The molecule has 0 amide bonds. The van der Waals surface area contributed by atoms with E-state index in [1.807, 2.05) is 0 Å². The summed E-state index contributed by atoms with van der Waals surface area (Å²) in [7, 11) is 0. The van der Waals surface area contributed by atoms with Crippen molar-refractivity contribution in [1.82, 2.24) is 4.57 Å². The zero-order valence-electron chi connectivity index (χ0n) is 32.6. The normalized spacial score (nSPS) is 13.4. The second kappa shape index (κ2) is 14.6. The highest BCUT2D eigenvalue weighted by atomic mass is 15.2. The average molecular weight is 745 g/mol. The van der Waals surface area contributed by atoms with Crippen molar-refractivity contribution in [3.63, 3.8) is 0 Å². The highest BCUT2D eigenvalue weighted by Gasteiger charge is 2.26. The lowest BCUT2D eigenvalue weighted by Gasteiger charge is -2.30. The Labute approximate surface area is 340 Å². The summed E-state index contributed by atoms with van der Waals surface area (Å²) in [6.45, 7) is 0. The molecule has 0 radical (unpaired) electrons. The first kappa shape index (κ1) is 34.4. The van der Waals surface area contributed by atoms with Crippen LogP contribution in [0.5, 0.6) is 0 Å². The third-order valence-electron chi connectivity index (χ3n) is 12.6. The van der Waals surface area contributed by atoms with E-state index in [0.29, 0.717) is 5.92 Å². The summed E-state index contributed by atoms with van der Waals surface area (Å²) < 4.78 is 2.46. The van der Waals surface area contributed by atoms with E-state index in [2.05, 4.69) is 210 Å². The predicted molar refractivity (Wildman–Crippen MR) is 247 cm³/mol. The molecule has 0 spiro atoms. The fraction of sp³-hybridized carbons (Fsp3) is 0.107. The minimum Gasteiger partial charge on any atom is -0.308 e. The molecule has 0 saturated heterocycles. The zero-order chi connectivity index (χ0) is 38.4. The van der Waals surface area contributed by atoms with Crippen LogP contribution in [0.25, 0.3) is 71.3 Å². The van der Waals surface area contributed by atoms with Crippen LogP contribution in [0.4, 0.5) is 17.1 Å². The average Bonchev–Trinajstić information content (AvgIpc) is 3.64. The van der Waals surface area contributed by atoms with E-state index in [0.717, 1.165) is 22.7 Å². The summed E-state index contributed by atoms with van der Waals surface area (Å²) in [5.74, 6) is 0.578. The number of aromatic nitrogens is 1. The fourth-order valence-electron chi connectivity index (χ4n) is 9.97. The van der Waals surface area contributed by atoms with Crippen molar-refractivity contribution < 1.29 is 0 Å². The highest BCUT2D eigenvalue weighted by Crippen LogP contribution is 2.49. The number of hydrogen-bond acceptors (Lipinski definition) is 1. The molecule has 1 heterocycles. The molecular formula is C56H44N2. The van der Waals surface area contributed by atoms with Crippen molar-refractivity contribution in [2.75, 3.05) is 4.90 Å². The molecule has 1 aliphatic carbocycles. The molecule has 9 aromatic carbocycles. The molecule has 1 aliphatic rings. The Kier molecular flexibility index (Phi) is 8.62. The predicted octanol–water partition coefficient (Wildman–Crippen LogP) is 15.9. The van der Waals surface area contributed by atoms with E-state index in [1.54, 1.807) is 0 Å². The van der Waals surface area contributed by atoms with Gasteiger partial charge in [0.2, 0.25) is 0 Å². The van der Waals surface area contributed by atoms with Crippen molar-refractivity contribution in [1.29, 1.82) is 0 Å². The SMILES string of the molecule is c1ccc(-n2c3ccccc3c3cccc(N(c4cccc(-c5cccc6ccccc56)c4)c4ccccc4-c4cccc5cccc(C6CCCCC6)c45)c32)cc1. The van der Waals surface area contributed by atoms with Crippen LogP contribution in [-0.2, 0) is 0 Å². The Bertz CT molecular complexity index is 3100. The van der Waals surface area contributed by atoms with Gasteiger partial charge in [0.1, 0.15) is 0 Å². The lowest BCUT2D eigenvalue weighted by atomic mass is 9.80. The number of hydrogen-bond donors (Lipinski definition) is 0. The monoisotopic (exact) mass is 744 g/mol. The van der Waals surface area contributed by atoms with Gasteiger partial charge in [0.15, 0.2) is 0 Å². The minimum absolute atomic E-state index is 0.578. The molecule has 1 fully saturated rings. The standard InChI is InChI=1S/C56H44N2/c1-3-18-40(19-4-1)47-32-15-22-41-23-16-33-50(55(41)47)48-29-9-11-35-52(48)57(44-27-13-24-42(38-44)46-31-14-21-39-20-7-8-28-45(39)46)54-37-17-34-51-49-30-10-12-36-53(49)58(56(51)54)43-25-5-2-6-26-43/h2,5-17,20-38,40H,1,3-4,18-19H2. The van der Waals surface area contributed by atoms with Gasteiger partial charge in [-0.25, -0.2) is 0 Å². The maximum atomic E-state index is 2.53.